The number of nitrogens with zero attached hydrogens (tertiary/aromatic N) is 2. The molecule has 1 amide bonds. The van der Waals surface area contributed by atoms with Crippen LogP contribution in [0.4, 0.5) is 0 Å². The molecule has 28 heavy (non-hydrogen) atoms. The quantitative estimate of drug-likeness (QED) is 0.510. The maximum absolute atomic E-state index is 12.5. The Morgan fingerprint density at radius 2 is 1.71 bits per heavy atom. The predicted octanol–water partition coefficient (Wildman–Crippen LogP) is 3.68. The molecular formula is C20H19N3O3S2. The largest absolute Gasteiger partial charge is 0.283 e. The number of aromatic nitrogens is 1. The van der Waals surface area contributed by atoms with Crippen LogP contribution >= 0.6 is 11.3 Å². The maximum atomic E-state index is 12.5. The van der Waals surface area contributed by atoms with Gasteiger partial charge in [-0.2, -0.15) is 5.10 Å². The molecule has 0 aliphatic rings. The van der Waals surface area contributed by atoms with E-state index in [-0.39, 0.29) is 10.8 Å². The summed E-state index contributed by atoms with van der Waals surface area (Å²) in [5.41, 5.74) is 5.44. The summed E-state index contributed by atoms with van der Waals surface area (Å²) in [7, 11) is -3.25. The minimum atomic E-state index is -3.25. The summed E-state index contributed by atoms with van der Waals surface area (Å²) in [6.45, 7) is 3.53. The molecule has 0 bridgehead atoms. The number of rotatable bonds is 5. The molecule has 0 fully saturated rings. The number of hydrogen-bond donors (Lipinski definition) is 1. The maximum Gasteiger partial charge on any atom is 0.283 e. The zero-order chi connectivity index (χ0) is 20.3. The van der Waals surface area contributed by atoms with Crippen LogP contribution in [0, 0.1) is 6.92 Å². The first kappa shape index (κ1) is 19.9. The number of carbonyl (C=O) groups is 1. The fraction of sp³-hybridized carbons (Fsp3) is 0.150. The van der Waals surface area contributed by atoms with Gasteiger partial charge in [-0.15, -0.1) is 11.3 Å². The molecule has 1 N–H and O–H groups in total. The number of thiazole rings is 1. The van der Waals surface area contributed by atoms with E-state index in [1.807, 2.05) is 30.3 Å². The third-order valence-corrected chi connectivity index (χ3v) is 6.38. The summed E-state index contributed by atoms with van der Waals surface area (Å²) in [4.78, 5) is 17.7. The van der Waals surface area contributed by atoms with Gasteiger partial charge in [0, 0.05) is 11.8 Å². The molecule has 0 unspecified atom stereocenters. The van der Waals surface area contributed by atoms with Gasteiger partial charge in [0.1, 0.15) is 9.88 Å². The highest BCUT2D eigenvalue weighted by Crippen LogP contribution is 2.27. The lowest BCUT2D eigenvalue weighted by Gasteiger charge is -2.04. The fourth-order valence-electron chi connectivity index (χ4n) is 2.50. The van der Waals surface area contributed by atoms with Crippen molar-refractivity contribution >= 4 is 32.8 Å². The molecule has 0 radical (unpaired) electrons. The highest BCUT2D eigenvalue weighted by Gasteiger charge is 2.16. The second kappa shape index (κ2) is 8.04. The van der Waals surface area contributed by atoms with E-state index >= 15 is 0 Å². The molecular weight excluding hydrogens is 394 g/mol. The van der Waals surface area contributed by atoms with Crippen molar-refractivity contribution in [2.75, 3.05) is 6.26 Å². The average Bonchev–Trinajstić information content (AvgIpc) is 3.08. The summed E-state index contributed by atoms with van der Waals surface area (Å²) in [5.74, 6) is -0.329. The highest BCUT2D eigenvalue weighted by atomic mass is 32.2. The molecule has 8 heteroatoms. The molecule has 0 aliphatic heterocycles. The van der Waals surface area contributed by atoms with Crippen molar-refractivity contribution in [3.8, 4) is 10.6 Å². The molecule has 144 valence electrons. The lowest BCUT2D eigenvalue weighted by molar-refractivity contribution is 0.0958. The van der Waals surface area contributed by atoms with Gasteiger partial charge in [-0.25, -0.2) is 18.8 Å². The standard InChI is InChI=1S/C20H19N3O3S2/c1-13(15-9-11-17(12-10-15)28(3,25)26)22-23-19(24)18-14(2)21-20(27-18)16-7-5-4-6-8-16/h4-12H,1-3H3,(H,23,24). The fourth-order valence-corrected chi connectivity index (χ4v) is 4.10. The van der Waals surface area contributed by atoms with Crippen molar-refractivity contribution in [2.45, 2.75) is 18.7 Å². The summed E-state index contributed by atoms with van der Waals surface area (Å²) < 4.78 is 23.1. The van der Waals surface area contributed by atoms with Gasteiger partial charge < -0.3 is 0 Å². The first-order chi connectivity index (χ1) is 13.3. The normalized spacial score (nSPS) is 12.0. The molecule has 0 spiro atoms. The van der Waals surface area contributed by atoms with E-state index in [9.17, 15) is 13.2 Å². The van der Waals surface area contributed by atoms with Crippen molar-refractivity contribution in [3.63, 3.8) is 0 Å². The first-order valence-corrected chi connectivity index (χ1v) is 11.1. The SMILES string of the molecule is CC(=NNC(=O)c1sc(-c2ccccc2)nc1C)c1ccc(S(C)(=O)=O)cc1. The topological polar surface area (TPSA) is 88.5 Å². The van der Waals surface area contributed by atoms with Crippen LogP contribution in [0.1, 0.15) is 27.9 Å². The van der Waals surface area contributed by atoms with E-state index in [1.165, 1.54) is 23.5 Å². The number of nitrogens with one attached hydrogen (secondary N) is 1. The van der Waals surface area contributed by atoms with E-state index in [0.717, 1.165) is 22.4 Å². The molecule has 0 saturated heterocycles. The second-order valence-electron chi connectivity index (χ2n) is 6.23. The number of hydrogen-bond acceptors (Lipinski definition) is 6. The Hall–Kier alpha value is -2.84. The van der Waals surface area contributed by atoms with Crippen molar-refractivity contribution in [1.29, 1.82) is 0 Å². The van der Waals surface area contributed by atoms with Gasteiger partial charge in [0.2, 0.25) is 0 Å². The monoisotopic (exact) mass is 413 g/mol. The van der Waals surface area contributed by atoms with Gasteiger partial charge in [0.05, 0.1) is 16.3 Å². The lowest BCUT2D eigenvalue weighted by Crippen LogP contribution is -2.19. The van der Waals surface area contributed by atoms with Gasteiger partial charge in [0.25, 0.3) is 5.91 Å². The average molecular weight is 414 g/mol. The number of amides is 1. The number of sulfone groups is 1. The minimum absolute atomic E-state index is 0.238. The molecule has 0 atom stereocenters. The van der Waals surface area contributed by atoms with Crippen LogP contribution in [0.5, 0.6) is 0 Å². The number of benzene rings is 2. The molecule has 2 aromatic carbocycles. The van der Waals surface area contributed by atoms with Crippen LogP contribution in [0.25, 0.3) is 10.6 Å². The van der Waals surface area contributed by atoms with Crippen molar-refractivity contribution in [3.05, 3.63) is 70.7 Å². The van der Waals surface area contributed by atoms with Crippen LogP contribution < -0.4 is 5.43 Å². The second-order valence-corrected chi connectivity index (χ2v) is 9.25. The van der Waals surface area contributed by atoms with Gasteiger partial charge in [-0.05, 0) is 31.5 Å². The van der Waals surface area contributed by atoms with Gasteiger partial charge in [-0.1, -0.05) is 42.5 Å². The Balaban J connectivity index is 1.75. The van der Waals surface area contributed by atoms with E-state index in [1.54, 1.807) is 26.0 Å². The molecule has 0 aliphatic carbocycles. The number of hydrazone groups is 1. The van der Waals surface area contributed by atoms with Crippen LogP contribution in [-0.4, -0.2) is 31.3 Å². The van der Waals surface area contributed by atoms with Crippen LogP contribution in [0.15, 0.2) is 64.6 Å². The van der Waals surface area contributed by atoms with Crippen LogP contribution in [0.3, 0.4) is 0 Å². The first-order valence-electron chi connectivity index (χ1n) is 8.43. The van der Waals surface area contributed by atoms with Crippen molar-refractivity contribution < 1.29 is 13.2 Å². The van der Waals surface area contributed by atoms with E-state index in [0.29, 0.717) is 16.3 Å². The third-order valence-electron chi connectivity index (χ3n) is 4.05. The summed E-state index contributed by atoms with van der Waals surface area (Å²) >= 11 is 1.31. The summed E-state index contributed by atoms with van der Waals surface area (Å²) in [6.07, 6.45) is 1.16. The molecule has 1 heterocycles. The summed E-state index contributed by atoms with van der Waals surface area (Å²) in [6, 6.07) is 16.0. The zero-order valence-corrected chi connectivity index (χ0v) is 17.3. The van der Waals surface area contributed by atoms with Gasteiger partial charge in [0.15, 0.2) is 9.84 Å². The molecule has 6 nitrogen and oxygen atoms in total. The summed E-state index contributed by atoms with van der Waals surface area (Å²) in [5, 5.41) is 4.91. The molecule has 0 saturated carbocycles. The van der Waals surface area contributed by atoms with E-state index < -0.39 is 9.84 Å². The minimum Gasteiger partial charge on any atom is -0.266 e. The zero-order valence-electron chi connectivity index (χ0n) is 15.6. The van der Waals surface area contributed by atoms with Crippen LogP contribution in [-0.2, 0) is 9.84 Å². The number of aryl methyl sites for hydroxylation is 1. The highest BCUT2D eigenvalue weighted by molar-refractivity contribution is 7.90. The van der Waals surface area contributed by atoms with Crippen LogP contribution in [0.2, 0.25) is 0 Å². The predicted molar refractivity (Wildman–Crippen MR) is 112 cm³/mol. The van der Waals surface area contributed by atoms with Crippen molar-refractivity contribution in [2.24, 2.45) is 5.10 Å². The van der Waals surface area contributed by atoms with E-state index in [4.69, 9.17) is 0 Å². The lowest BCUT2D eigenvalue weighted by atomic mass is 10.1. The van der Waals surface area contributed by atoms with Crippen molar-refractivity contribution in [1.82, 2.24) is 10.4 Å². The Morgan fingerprint density at radius 1 is 1.07 bits per heavy atom. The molecule has 3 rings (SSSR count). The Labute approximate surface area is 167 Å². The smallest absolute Gasteiger partial charge is 0.266 e. The van der Waals surface area contributed by atoms with E-state index in [2.05, 4.69) is 15.5 Å². The van der Waals surface area contributed by atoms with Gasteiger partial charge in [-0.3, -0.25) is 4.79 Å². The Morgan fingerprint density at radius 3 is 2.32 bits per heavy atom. The number of carbonyl (C=O) groups excluding carboxylic acids is 1. The molecule has 1 aromatic heterocycles. The Bertz CT molecular complexity index is 1130. The third kappa shape index (κ3) is 4.52. The van der Waals surface area contributed by atoms with Gasteiger partial charge >= 0.3 is 0 Å². The molecule has 3 aromatic rings. The Kier molecular flexibility index (Phi) is 5.71.